The standard InChI is InChI=1S/C10H10F3NO4S/c1-6(9(15)16)14-7-2-4-8(5-3-7)19(17,18)10(11,12)13/h2-6,14H,1H3,(H,15,16). The Bertz CT molecular complexity index is 565. The van der Waals surface area contributed by atoms with Crippen molar-refractivity contribution in [2.45, 2.75) is 23.4 Å². The van der Waals surface area contributed by atoms with E-state index in [1.54, 1.807) is 0 Å². The molecule has 2 N–H and O–H groups in total. The van der Waals surface area contributed by atoms with Gasteiger partial charge in [-0.25, -0.2) is 8.42 Å². The van der Waals surface area contributed by atoms with Gasteiger partial charge in [-0.1, -0.05) is 0 Å². The van der Waals surface area contributed by atoms with E-state index in [0.29, 0.717) is 0 Å². The van der Waals surface area contributed by atoms with Crippen LogP contribution in [0.2, 0.25) is 0 Å². The summed E-state index contributed by atoms with van der Waals surface area (Å²) in [7, 11) is -5.38. The van der Waals surface area contributed by atoms with E-state index >= 15 is 0 Å². The second-order valence-corrected chi connectivity index (χ2v) is 5.62. The molecular weight excluding hydrogens is 287 g/mol. The molecule has 9 heteroatoms. The number of sulfone groups is 1. The van der Waals surface area contributed by atoms with Crippen molar-refractivity contribution >= 4 is 21.5 Å². The zero-order chi connectivity index (χ0) is 14.8. The van der Waals surface area contributed by atoms with Gasteiger partial charge in [0.05, 0.1) is 4.90 Å². The quantitative estimate of drug-likeness (QED) is 0.886. The van der Waals surface area contributed by atoms with Crippen molar-refractivity contribution in [2.75, 3.05) is 5.32 Å². The molecule has 5 nitrogen and oxygen atoms in total. The van der Waals surface area contributed by atoms with E-state index < -0.39 is 32.3 Å². The molecular formula is C10H10F3NO4S. The molecule has 0 aliphatic carbocycles. The maximum absolute atomic E-state index is 12.3. The second kappa shape index (κ2) is 5.08. The molecule has 0 aliphatic rings. The van der Waals surface area contributed by atoms with E-state index in [1.807, 2.05) is 0 Å². The van der Waals surface area contributed by atoms with Crippen LogP contribution >= 0.6 is 0 Å². The van der Waals surface area contributed by atoms with Crippen LogP contribution in [0.15, 0.2) is 29.2 Å². The molecule has 0 fully saturated rings. The van der Waals surface area contributed by atoms with Crippen molar-refractivity contribution in [2.24, 2.45) is 0 Å². The minimum absolute atomic E-state index is 0.205. The highest BCUT2D eigenvalue weighted by Gasteiger charge is 2.46. The molecule has 1 aromatic carbocycles. The van der Waals surface area contributed by atoms with E-state index in [1.165, 1.54) is 6.92 Å². The van der Waals surface area contributed by atoms with Crippen LogP contribution in [0.1, 0.15) is 6.92 Å². The lowest BCUT2D eigenvalue weighted by Crippen LogP contribution is -2.25. The number of hydrogen-bond acceptors (Lipinski definition) is 4. The first-order valence-corrected chi connectivity index (χ1v) is 6.45. The van der Waals surface area contributed by atoms with Crippen LogP contribution in [-0.4, -0.2) is 31.0 Å². The average molecular weight is 297 g/mol. The fraction of sp³-hybridized carbons (Fsp3) is 0.300. The monoisotopic (exact) mass is 297 g/mol. The van der Waals surface area contributed by atoms with E-state index in [-0.39, 0.29) is 5.69 Å². The van der Waals surface area contributed by atoms with Crippen molar-refractivity contribution < 1.29 is 31.5 Å². The number of carbonyl (C=O) groups is 1. The summed E-state index contributed by atoms with van der Waals surface area (Å²) in [5.74, 6) is -1.15. The van der Waals surface area contributed by atoms with Gasteiger partial charge in [0, 0.05) is 5.69 Å². The molecule has 106 valence electrons. The summed E-state index contributed by atoms with van der Waals surface area (Å²) in [5.41, 5.74) is -5.16. The predicted molar refractivity (Wildman–Crippen MR) is 60.4 cm³/mol. The van der Waals surface area contributed by atoms with Gasteiger partial charge in [-0.3, -0.25) is 4.79 Å². The maximum Gasteiger partial charge on any atom is 0.501 e. The Kier molecular flexibility index (Phi) is 4.09. The van der Waals surface area contributed by atoms with E-state index in [0.717, 1.165) is 24.3 Å². The van der Waals surface area contributed by atoms with Crippen LogP contribution in [0.5, 0.6) is 0 Å². The van der Waals surface area contributed by atoms with Crippen LogP contribution in [-0.2, 0) is 14.6 Å². The molecule has 0 heterocycles. The van der Waals surface area contributed by atoms with Gasteiger partial charge in [-0.15, -0.1) is 0 Å². The lowest BCUT2D eigenvalue weighted by molar-refractivity contribution is -0.137. The molecule has 0 radical (unpaired) electrons. The number of nitrogens with one attached hydrogen (secondary N) is 1. The van der Waals surface area contributed by atoms with Gasteiger partial charge >= 0.3 is 11.5 Å². The van der Waals surface area contributed by atoms with Gasteiger partial charge in [-0.2, -0.15) is 13.2 Å². The minimum atomic E-state index is -5.38. The van der Waals surface area contributed by atoms with Crippen LogP contribution in [0.25, 0.3) is 0 Å². The van der Waals surface area contributed by atoms with Crippen LogP contribution in [0, 0.1) is 0 Å². The second-order valence-electron chi connectivity index (χ2n) is 3.68. The molecule has 1 aromatic rings. The van der Waals surface area contributed by atoms with Crippen LogP contribution in [0.3, 0.4) is 0 Å². The molecule has 1 unspecified atom stereocenters. The highest BCUT2D eigenvalue weighted by Crippen LogP contribution is 2.30. The molecule has 0 aliphatic heterocycles. The smallest absolute Gasteiger partial charge is 0.480 e. The molecule has 1 atom stereocenters. The van der Waals surface area contributed by atoms with Gasteiger partial charge in [0.1, 0.15) is 6.04 Å². The number of carboxylic acid groups (broad SMARTS) is 1. The number of halogens is 3. The number of carboxylic acids is 1. The highest BCUT2D eigenvalue weighted by molar-refractivity contribution is 7.92. The Labute approximate surface area is 107 Å². The van der Waals surface area contributed by atoms with Crippen LogP contribution in [0.4, 0.5) is 18.9 Å². The van der Waals surface area contributed by atoms with Crippen LogP contribution < -0.4 is 5.32 Å². The van der Waals surface area contributed by atoms with E-state index in [4.69, 9.17) is 5.11 Å². The van der Waals surface area contributed by atoms with Crippen molar-refractivity contribution in [3.63, 3.8) is 0 Å². The topological polar surface area (TPSA) is 83.5 Å². The lowest BCUT2D eigenvalue weighted by atomic mass is 10.2. The van der Waals surface area contributed by atoms with Crippen molar-refractivity contribution in [3.8, 4) is 0 Å². The Morgan fingerprint density at radius 1 is 1.26 bits per heavy atom. The number of hydrogen-bond donors (Lipinski definition) is 2. The normalized spacial score (nSPS) is 13.9. The largest absolute Gasteiger partial charge is 0.501 e. The number of aliphatic carboxylic acids is 1. The Balaban J connectivity index is 2.98. The van der Waals surface area contributed by atoms with E-state index in [2.05, 4.69) is 5.32 Å². The van der Waals surface area contributed by atoms with Gasteiger partial charge in [0.15, 0.2) is 0 Å². The Morgan fingerprint density at radius 3 is 2.11 bits per heavy atom. The summed E-state index contributed by atoms with van der Waals surface area (Å²) in [6.45, 7) is 1.34. The summed E-state index contributed by atoms with van der Waals surface area (Å²) < 4.78 is 58.9. The molecule has 19 heavy (non-hydrogen) atoms. The minimum Gasteiger partial charge on any atom is -0.480 e. The van der Waals surface area contributed by atoms with Gasteiger partial charge in [-0.05, 0) is 31.2 Å². The molecule has 0 spiro atoms. The van der Waals surface area contributed by atoms with E-state index in [9.17, 15) is 26.4 Å². The predicted octanol–water partition coefficient (Wildman–Crippen LogP) is 1.87. The highest BCUT2D eigenvalue weighted by atomic mass is 32.2. The molecule has 0 saturated carbocycles. The fourth-order valence-corrected chi connectivity index (χ4v) is 1.94. The average Bonchev–Trinajstić information content (AvgIpc) is 2.28. The summed E-state index contributed by atoms with van der Waals surface area (Å²) >= 11 is 0. The van der Waals surface area contributed by atoms with Gasteiger partial charge in [0.25, 0.3) is 9.84 Å². The fourth-order valence-electron chi connectivity index (χ4n) is 1.18. The maximum atomic E-state index is 12.3. The summed E-state index contributed by atoms with van der Waals surface area (Å²) in [6.07, 6.45) is 0. The van der Waals surface area contributed by atoms with Crippen molar-refractivity contribution in [1.29, 1.82) is 0 Å². The molecule has 1 rings (SSSR count). The first kappa shape index (κ1) is 15.3. The first-order valence-electron chi connectivity index (χ1n) is 4.96. The third kappa shape index (κ3) is 3.37. The zero-order valence-electron chi connectivity index (χ0n) is 9.60. The summed E-state index contributed by atoms with van der Waals surface area (Å²) in [6, 6.07) is 2.71. The Hall–Kier alpha value is -1.77. The number of anilines is 1. The van der Waals surface area contributed by atoms with Gasteiger partial charge in [0.2, 0.25) is 0 Å². The van der Waals surface area contributed by atoms with Crippen molar-refractivity contribution in [3.05, 3.63) is 24.3 Å². The lowest BCUT2D eigenvalue weighted by Gasteiger charge is -2.12. The molecule has 0 amide bonds. The van der Waals surface area contributed by atoms with Crippen molar-refractivity contribution in [1.82, 2.24) is 0 Å². The summed E-state index contributed by atoms with van der Waals surface area (Å²) in [5, 5.41) is 11.1. The molecule has 0 aromatic heterocycles. The Morgan fingerprint density at radius 2 is 1.74 bits per heavy atom. The third-order valence-corrected chi connectivity index (χ3v) is 3.73. The van der Waals surface area contributed by atoms with Gasteiger partial charge < -0.3 is 10.4 Å². The number of benzene rings is 1. The molecule has 0 bridgehead atoms. The SMILES string of the molecule is CC(Nc1ccc(S(=O)(=O)C(F)(F)F)cc1)C(=O)O. The number of alkyl halides is 3. The number of rotatable bonds is 4. The summed E-state index contributed by atoms with van der Waals surface area (Å²) in [4.78, 5) is 9.66. The molecule has 0 saturated heterocycles. The third-order valence-electron chi connectivity index (χ3n) is 2.22. The first-order chi connectivity index (χ1) is 8.55. The zero-order valence-corrected chi connectivity index (χ0v) is 10.4.